The van der Waals surface area contributed by atoms with Gasteiger partial charge in [-0.05, 0) is 31.9 Å². The van der Waals surface area contributed by atoms with Crippen molar-refractivity contribution in [3.05, 3.63) is 41.5 Å². The van der Waals surface area contributed by atoms with Crippen LogP contribution in [-0.4, -0.2) is 18.5 Å². The van der Waals surface area contributed by atoms with Crippen molar-refractivity contribution >= 4 is 17.6 Å². The van der Waals surface area contributed by atoms with Gasteiger partial charge < -0.3 is 10.1 Å². The first-order chi connectivity index (χ1) is 8.54. The van der Waals surface area contributed by atoms with Gasteiger partial charge in [0.05, 0.1) is 6.61 Å². The lowest BCUT2D eigenvalue weighted by Crippen LogP contribution is -2.11. The van der Waals surface area contributed by atoms with Gasteiger partial charge in [0.2, 0.25) is 5.91 Å². The predicted molar refractivity (Wildman–Crippen MR) is 70.3 cm³/mol. The number of para-hydroxylation sites is 1. The van der Waals surface area contributed by atoms with Crippen molar-refractivity contribution in [2.24, 2.45) is 0 Å². The third-order valence-corrected chi connectivity index (χ3v) is 2.39. The van der Waals surface area contributed by atoms with Gasteiger partial charge in [-0.1, -0.05) is 18.2 Å². The number of aryl methyl sites for hydroxylation is 2. The predicted octanol–water partition coefficient (Wildman–Crippen LogP) is 2.36. The molecule has 4 nitrogen and oxygen atoms in total. The highest BCUT2D eigenvalue weighted by Gasteiger charge is 2.05. The summed E-state index contributed by atoms with van der Waals surface area (Å²) in [4.78, 5) is 22.7. The first kappa shape index (κ1) is 14.0. The maximum atomic E-state index is 11.6. The van der Waals surface area contributed by atoms with Crippen LogP contribution in [0.4, 0.5) is 5.69 Å². The number of amides is 1. The van der Waals surface area contributed by atoms with Crippen LogP contribution in [0.5, 0.6) is 0 Å². The van der Waals surface area contributed by atoms with Crippen LogP contribution in [0, 0.1) is 13.8 Å². The molecular formula is C14H17NO3. The van der Waals surface area contributed by atoms with E-state index in [1.807, 2.05) is 32.0 Å². The van der Waals surface area contributed by atoms with Crippen LogP contribution in [0.1, 0.15) is 18.1 Å². The van der Waals surface area contributed by atoms with Gasteiger partial charge in [0, 0.05) is 17.8 Å². The third kappa shape index (κ3) is 4.05. The van der Waals surface area contributed by atoms with Crippen LogP contribution in [0.25, 0.3) is 0 Å². The van der Waals surface area contributed by atoms with Crippen LogP contribution in [0.15, 0.2) is 30.4 Å². The normalized spacial score (nSPS) is 10.4. The van der Waals surface area contributed by atoms with Crippen LogP contribution in [-0.2, 0) is 14.3 Å². The third-order valence-electron chi connectivity index (χ3n) is 2.39. The van der Waals surface area contributed by atoms with Gasteiger partial charge in [0.1, 0.15) is 0 Å². The van der Waals surface area contributed by atoms with Gasteiger partial charge in [-0.2, -0.15) is 0 Å². The van der Waals surface area contributed by atoms with Gasteiger partial charge in [0.15, 0.2) is 0 Å². The van der Waals surface area contributed by atoms with Crippen LogP contribution in [0.2, 0.25) is 0 Å². The molecular weight excluding hydrogens is 230 g/mol. The van der Waals surface area contributed by atoms with E-state index in [9.17, 15) is 9.59 Å². The monoisotopic (exact) mass is 247 g/mol. The number of ether oxygens (including phenoxy) is 1. The highest BCUT2D eigenvalue weighted by molar-refractivity contribution is 6.03. The second kappa shape index (κ2) is 6.59. The minimum absolute atomic E-state index is 0.293. The molecule has 4 heteroatoms. The summed E-state index contributed by atoms with van der Waals surface area (Å²) in [6.45, 7) is 5.83. The molecule has 0 atom stereocenters. The molecule has 0 aliphatic heterocycles. The fourth-order valence-corrected chi connectivity index (χ4v) is 1.51. The fraction of sp³-hybridized carbons (Fsp3) is 0.286. The van der Waals surface area contributed by atoms with E-state index >= 15 is 0 Å². The number of hydrogen-bond donors (Lipinski definition) is 1. The molecule has 0 aromatic heterocycles. The Morgan fingerprint density at radius 1 is 1.22 bits per heavy atom. The average Bonchev–Trinajstić information content (AvgIpc) is 2.32. The quantitative estimate of drug-likeness (QED) is 0.656. The molecule has 0 bridgehead atoms. The number of rotatable bonds is 4. The van der Waals surface area contributed by atoms with Crippen molar-refractivity contribution in [2.75, 3.05) is 11.9 Å². The zero-order valence-corrected chi connectivity index (χ0v) is 10.8. The molecule has 0 aliphatic carbocycles. The molecule has 0 saturated heterocycles. The van der Waals surface area contributed by atoms with Crippen LogP contribution >= 0.6 is 0 Å². The topological polar surface area (TPSA) is 55.4 Å². The van der Waals surface area contributed by atoms with Gasteiger partial charge in [-0.15, -0.1) is 0 Å². The number of benzene rings is 1. The lowest BCUT2D eigenvalue weighted by Gasteiger charge is -2.09. The van der Waals surface area contributed by atoms with Gasteiger partial charge in [-0.25, -0.2) is 4.79 Å². The van der Waals surface area contributed by atoms with Gasteiger partial charge >= 0.3 is 5.97 Å². The molecule has 0 radical (unpaired) electrons. The highest BCUT2D eigenvalue weighted by Crippen LogP contribution is 2.19. The lowest BCUT2D eigenvalue weighted by molar-refractivity contribution is -0.137. The molecule has 1 N–H and O–H groups in total. The smallest absolute Gasteiger partial charge is 0.330 e. The summed E-state index contributed by atoms with van der Waals surface area (Å²) in [5.41, 5.74) is 2.73. The molecule has 1 aromatic carbocycles. The second-order valence-electron chi connectivity index (χ2n) is 3.84. The SMILES string of the molecule is CCOC(=O)C=CC(=O)Nc1c(C)cccc1C. The molecule has 0 unspecified atom stereocenters. The van der Waals surface area contributed by atoms with E-state index < -0.39 is 5.97 Å². The highest BCUT2D eigenvalue weighted by atomic mass is 16.5. The maximum absolute atomic E-state index is 11.6. The number of carbonyl (C=O) groups is 2. The van der Waals surface area contributed by atoms with Gasteiger partial charge in [-0.3, -0.25) is 4.79 Å². The molecule has 0 saturated carbocycles. The lowest BCUT2D eigenvalue weighted by atomic mass is 10.1. The maximum Gasteiger partial charge on any atom is 0.330 e. The Hall–Kier alpha value is -2.10. The number of carbonyl (C=O) groups excluding carboxylic acids is 2. The molecule has 1 aromatic rings. The zero-order chi connectivity index (χ0) is 13.5. The van der Waals surface area contributed by atoms with Crippen LogP contribution in [0.3, 0.4) is 0 Å². The Morgan fingerprint density at radius 2 is 1.83 bits per heavy atom. The minimum Gasteiger partial charge on any atom is -0.463 e. The molecule has 96 valence electrons. The number of hydrogen-bond acceptors (Lipinski definition) is 3. The Labute approximate surface area is 107 Å². The van der Waals surface area contributed by atoms with E-state index in [-0.39, 0.29) is 5.91 Å². The Kier molecular flexibility index (Phi) is 5.11. The van der Waals surface area contributed by atoms with Crippen molar-refractivity contribution in [1.82, 2.24) is 0 Å². The molecule has 18 heavy (non-hydrogen) atoms. The largest absolute Gasteiger partial charge is 0.463 e. The van der Waals surface area contributed by atoms with E-state index in [0.29, 0.717) is 6.61 Å². The van der Waals surface area contributed by atoms with Gasteiger partial charge in [0.25, 0.3) is 0 Å². The molecule has 0 fully saturated rings. The summed E-state index contributed by atoms with van der Waals surface area (Å²) in [6.07, 6.45) is 2.29. The zero-order valence-electron chi connectivity index (χ0n) is 10.8. The minimum atomic E-state index is -0.519. The molecule has 1 amide bonds. The summed E-state index contributed by atoms with van der Waals surface area (Å²) >= 11 is 0. The van der Waals surface area contributed by atoms with Crippen molar-refractivity contribution < 1.29 is 14.3 Å². The summed E-state index contributed by atoms with van der Waals surface area (Å²) in [7, 11) is 0. The van der Waals surface area contributed by atoms with Crippen molar-refractivity contribution in [3.63, 3.8) is 0 Å². The Morgan fingerprint density at radius 3 is 2.39 bits per heavy atom. The standard InChI is InChI=1S/C14H17NO3/c1-4-18-13(17)9-8-12(16)15-14-10(2)6-5-7-11(14)3/h5-9H,4H2,1-3H3,(H,15,16). The fourth-order valence-electron chi connectivity index (χ4n) is 1.51. The second-order valence-corrected chi connectivity index (χ2v) is 3.84. The average molecular weight is 247 g/mol. The van der Waals surface area contributed by atoms with Crippen molar-refractivity contribution in [3.8, 4) is 0 Å². The van der Waals surface area contributed by atoms with Crippen molar-refractivity contribution in [2.45, 2.75) is 20.8 Å². The summed E-state index contributed by atoms with van der Waals surface area (Å²) in [5, 5.41) is 2.74. The Balaban J connectivity index is 2.68. The van der Waals surface area contributed by atoms with E-state index in [1.165, 1.54) is 6.08 Å². The first-order valence-electron chi connectivity index (χ1n) is 5.76. The first-order valence-corrected chi connectivity index (χ1v) is 5.76. The summed E-state index contributed by atoms with van der Waals surface area (Å²) < 4.78 is 4.68. The Bertz CT molecular complexity index is 458. The van der Waals surface area contributed by atoms with Crippen molar-refractivity contribution in [1.29, 1.82) is 0 Å². The number of esters is 1. The summed E-state index contributed by atoms with van der Waals surface area (Å²) in [6, 6.07) is 5.75. The number of nitrogens with one attached hydrogen (secondary N) is 1. The molecule has 1 rings (SSSR count). The summed E-state index contributed by atoms with van der Waals surface area (Å²) in [5.74, 6) is -0.866. The van der Waals surface area contributed by atoms with Crippen LogP contribution < -0.4 is 5.32 Å². The molecule has 0 aliphatic rings. The number of anilines is 1. The molecule has 0 heterocycles. The molecule has 0 spiro atoms. The van der Waals surface area contributed by atoms with E-state index in [1.54, 1.807) is 6.92 Å². The van der Waals surface area contributed by atoms with E-state index in [4.69, 9.17) is 0 Å². The van der Waals surface area contributed by atoms with E-state index in [2.05, 4.69) is 10.1 Å². The van der Waals surface area contributed by atoms with E-state index in [0.717, 1.165) is 22.9 Å².